The van der Waals surface area contributed by atoms with Gasteiger partial charge in [-0.1, -0.05) is 30.3 Å². The first-order chi connectivity index (χ1) is 12.5. The van der Waals surface area contributed by atoms with Gasteiger partial charge in [0.05, 0.1) is 25.9 Å². The largest absolute Gasteiger partial charge is 0.444 e. The highest BCUT2D eigenvalue weighted by Gasteiger charge is 2.50. The van der Waals surface area contributed by atoms with Crippen LogP contribution in [-0.2, 0) is 20.8 Å². The number of ether oxygens (including phenoxy) is 3. The number of carbonyl (C=O) groups excluding carboxylic acids is 1. The smallest absolute Gasteiger partial charge is 0.412 e. The van der Waals surface area contributed by atoms with Gasteiger partial charge >= 0.3 is 6.09 Å². The lowest BCUT2D eigenvalue weighted by atomic mass is 10.0. The van der Waals surface area contributed by atoms with Crippen LogP contribution in [0.2, 0.25) is 0 Å². The second kappa shape index (κ2) is 8.56. The van der Waals surface area contributed by atoms with Crippen LogP contribution in [0, 0.1) is 0 Å². The third kappa shape index (κ3) is 5.65. The molecule has 3 atom stereocenters. The van der Waals surface area contributed by atoms with Crippen LogP contribution < -0.4 is 0 Å². The van der Waals surface area contributed by atoms with Crippen molar-refractivity contribution >= 4 is 6.09 Å². The molecule has 1 heterocycles. The van der Waals surface area contributed by atoms with Gasteiger partial charge in [-0.05, 0) is 40.2 Å². The summed E-state index contributed by atoms with van der Waals surface area (Å²) in [5, 5.41) is 19.8. The molecule has 7 nitrogen and oxygen atoms in total. The maximum atomic E-state index is 12.8. The Bertz CT molecular complexity index is 613. The van der Waals surface area contributed by atoms with Gasteiger partial charge in [0, 0.05) is 0 Å². The molecule has 7 heteroatoms. The van der Waals surface area contributed by atoms with Gasteiger partial charge in [-0.2, -0.15) is 0 Å². The summed E-state index contributed by atoms with van der Waals surface area (Å²) in [4.78, 5) is 14.3. The third-order valence-electron chi connectivity index (χ3n) is 4.34. The van der Waals surface area contributed by atoms with E-state index in [0.717, 1.165) is 5.56 Å². The lowest BCUT2D eigenvalue weighted by Crippen LogP contribution is -2.56. The molecule has 0 spiro atoms. The number of benzene rings is 1. The highest BCUT2D eigenvalue weighted by atomic mass is 16.6. The number of aliphatic hydroxyl groups is 2. The highest BCUT2D eigenvalue weighted by Crippen LogP contribution is 2.33. The molecule has 1 fully saturated rings. The van der Waals surface area contributed by atoms with E-state index in [1.54, 1.807) is 34.6 Å². The summed E-state index contributed by atoms with van der Waals surface area (Å²) >= 11 is 0. The van der Waals surface area contributed by atoms with Gasteiger partial charge in [-0.3, -0.25) is 4.90 Å². The Morgan fingerprint density at radius 3 is 2.52 bits per heavy atom. The van der Waals surface area contributed by atoms with Crippen molar-refractivity contribution in [3.8, 4) is 0 Å². The Hall–Kier alpha value is -1.67. The molecule has 152 valence electrons. The molecule has 2 rings (SSSR count). The van der Waals surface area contributed by atoms with E-state index in [1.807, 2.05) is 30.3 Å². The standard InChI is InChI=1S/C20H31NO6/c1-19(2,3)27-18(24)21-15(13-26-20(21,4)5)17(16(23)11-22)25-12-14-9-7-6-8-10-14/h6-10,15-17,22-23H,11-13H2,1-5H3/t15-,16-,17-/m0/s1. The first-order valence-corrected chi connectivity index (χ1v) is 9.16. The molecule has 1 aliphatic rings. The second-order valence-electron chi connectivity index (χ2n) is 8.19. The monoisotopic (exact) mass is 381 g/mol. The molecule has 0 bridgehead atoms. The quantitative estimate of drug-likeness (QED) is 0.786. The maximum Gasteiger partial charge on any atom is 0.412 e. The van der Waals surface area contributed by atoms with Crippen molar-refractivity contribution in [2.45, 2.75) is 70.8 Å². The Labute approximate surface area is 160 Å². The number of amides is 1. The van der Waals surface area contributed by atoms with E-state index in [2.05, 4.69) is 0 Å². The molecule has 0 radical (unpaired) electrons. The summed E-state index contributed by atoms with van der Waals surface area (Å²) in [6.45, 7) is 8.80. The molecule has 27 heavy (non-hydrogen) atoms. The number of rotatable bonds is 6. The van der Waals surface area contributed by atoms with Gasteiger partial charge in [-0.15, -0.1) is 0 Å². The zero-order valence-electron chi connectivity index (χ0n) is 16.7. The third-order valence-corrected chi connectivity index (χ3v) is 4.34. The number of aliphatic hydroxyl groups excluding tert-OH is 2. The van der Waals surface area contributed by atoms with Crippen molar-refractivity contribution in [1.29, 1.82) is 0 Å². The van der Waals surface area contributed by atoms with Gasteiger partial charge < -0.3 is 24.4 Å². The number of carbonyl (C=O) groups is 1. The minimum Gasteiger partial charge on any atom is -0.444 e. The van der Waals surface area contributed by atoms with E-state index in [-0.39, 0.29) is 13.2 Å². The summed E-state index contributed by atoms with van der Waals surface area (Å²) < 4.78 is 17.2. The van der Waals surface area contributed by atoms with Crippen LogP contribution in [0.1, 0.15) is 40.2 Å². The van der Waals surface area contributed by atoms with Crippen molar-refractivity contribution in [3.63, 3.8) is 0 Å². The average Bonchev–Trinajstić information content (AvgIpc) is 2.89. The molecule has 0 saturated carbocycles. The zero-order valence-corrected chi connectivity index (χ0v) is 16.7. The Kier molecular flexibility index (Phi) is 6.86. The first-order valence-electron chi connectivity index (χ1n) is 9.16. The SMILES string of the molecule is CC(C)(C)OC(=O)N1[C@H]([C@H](OCc2ccccc2)[C@@H](O)CO)COC1(C)C. The molecule has 0 aromatic heterocycles. The number of hydrogen-bond acceptors (Lipinski definition) is 6. The van der Waals surface area contributed by atoms with Gasteiger partial charge in [0.15, 0.2) is 0 Å². The van der Waals surface area contributed by atoms with E-state index in [9.17, 15) is 15.0 Å². The minimum atomic E-state index is -1.17. The fourth-order valence-corrected chi connectivity index (χ4v) is 3.09. The lowest BCUT2D eigenvalue weighted by molar-refractivity contribution is -0.107. The molecular weight excluding hydrogens is 350 g/mol. The van der Waals surface area contributed by atoms with Crippen molar-refractivity contribution < 1.29 is 29.2 Å². The number of nitrogens with zero attached hydrogens (tertiary/aromatic N) is 1. The van der Waals surface area contributed by atoms with Crippen molar-refractivity contribution in [1.82, 2.24) is 4.90 Å². The fourth-order valence-electron chi connectivity index (χ4n) is 3.09. The van der Waals surface area contributed by atoms with Crippen LogP contribution in [0.4, 0.5) is 4.79 Å². The molecule has 1 aromatic rings. The highest BCUT2D eigenvalue weighted by molar-refractivity contribution is 5.70. The normalized spacial score (nSPS) is 21.7. The van der Waals surface area contributed by atoms with Crippen LogP contribution in [-0.4, -0.2) is 64.0 Å². The van der Waals surface area contributed by atoms with Crippen molar-refractivity contribution in [3.05, 3.63) is 35.9 Å². The molecule has 1 aliphatic heterocycles. The topological polar surface area (TPSA) is 88.5 Å². The van der Waals surface area contributed by atoms with Gasteiger partial charge in [0.2, 0.25) is 0 Å². The van der Waals surface area contributed by atoms with Crippen molar-refractivity contribution in [2.75, 3.05) is 13.2 Å². The van der Waals surface area contributed by atoms with Gasteiger partial charge in [0.25, 0.3) is 0 Å². The van der Waals surface area contributed by atoms with Crippen LogP contribution in [0.3, 0.4) is 0 Å². The fraction of sp³-hybridized carbons (Fsp3) is 0.650. The Morgan fingerprint density at radius 2 is 1.96 bits per heavy atom. The van der Waals surface area contributed by atoms with E-state index in [4.69, 9.17) is 14.2 Å². The second-order valence-corrected chi connectivity index (χ2v) is 8.19. The van der Waals surface area contributed by atoms with Crippen LogP contribution in [0.25, 0.3) is 0 Å². The van der Waals surface area contributed by atoms with E-state index >= 15 is 0 Å². The maximum absolute atomic E-state index is 12.8. The summed E-state index contributed by atoms with van der Waals surface area (Å²) in [5.41, 5.74) is -0.665. The van der Waals surface area contributed by atoms with Gasteiger partial charge in [-0.25, -0.2) is 4.79 Å². The molecule has 1 amide bonds. The molecule has 2 N–H and O–H groups in total. The Morgan fingerprint density at radius 1 is 1.33 bits per heavy atom. The Balaban J connectivity index is 2.22. The van der Waals surface area contributed by atoms with E-state index < -0.39 is 42.3 Å². The molecule has 0 aliphatic carbocycles. The van der Waals surface area contributed by atoms with Crippen LogP contribution in [0.15, 0.2) is 30.3 Å². The molecule has 0 unspecified atom stereocenters. The van der Waals surface area contributed by atoms with E-state index in [0.29, 0.717) is 0 Å². The van der Waals surface area contributed by atoms with E-state index in [1.165, 1.54) is 4.90 Å². The lowest BCUT2D eigenvalue weighted by Gasteiger charge is -2.38. The molecular formula is C20H31NO6. The summed E-state index contributed by atoms with van der Waals surface area (Å²) in [6.07, 6.45) is -2.54. The predicted octanol–water partition coefficient (Wildman–Crippen LogP) is 2.30. The van der Waals surface area contributed by atoms with Gasteiger partial charge in [0.1, 0.15) is 23.5 Å². The summed E-state index contributed by atoms with van der Waals surface area (Å²) in [5.74, 6) is 0. The molecule has 1 saturated heterocycles. The average molecular weight is 381 g/mol. The zero-order chi connectivity index (χ0) is 20.2. The van der Waals surface area contributed by atoms with Crippen LogP contribution in [0.5, 0.6) is 0 Å². The minimum absolute atomic E-state index is 0.169. The number of hydrogen-bond donors (Lipinski definition) is 2. The van der Waals surface area contributed by atoms with Crippen molar-refractivity contribution in [2.24, 2.45) is 0 Å². The predicted molar refractivity (Wildman–Crippen MR) is 100 cm³/mol. The molecule has 1 aromatic carbocycles. The summed E-state index contributed by atoms with van der Waals surface area (Å²) in [7, 11) is 0. The first kappa shape index (κ1) is 21.6. The van der Waals surface area contributed by atoms with Crippen LogP contribution >= 0.6 is 0 Å². The summed E-state index contributed by atoms with van der Waals surface area (Å²) in [6, 6.07) is 8.91.